The lowest BCUT2D eigenvalue weighted by molar-refractivity contribution is -0.131. The van der Waals surface area contributed by atoms with E-state index in [4.69, 9.17) is 11.0 Å². The van der Waals surface area contributed by atoms with Crippen molar-refractivity contribution in [1.29, 1.82) is 5.26 Å². The molecule has 1 rings (SSSR count). The van der Waals surface area contributed by atoms with Crippen molar-refractivity contribution < 1.29 is 9.90 Å². The number of benzene rings is 1. The normalized spacial score (nSPS) is 15.9. The van der Waals surface area contributed by atoms with Gasteiger partial charge in [-0.15, -0.1) is 0 Å². The van der Waals surface area contributed by atoms with E-state index in [9.17, 15) is 9.90 Å². The number of nitrogens with zero attached hydrogens (tertiary/aromatic N) is 1. The number of nitrogens with two attached hydrogens (primary N) is 1. The summed E-state index contributed by atoms with van der Waals surface area (Å²) >= 11 is 3.12. The van der Waals surface area contributed by atoms with Crippen LogP contribution in [-0.4, -0.2) is 16.6 Å². The first-order valence-corrected chi connectivity index (χ1v) is 5.47. The number of primary amides is 1. The van der Waals surface area contributed by atoms with Crippen molar-refractivity contribution >= 4 is 21.8 Å². The Morgan fingerprint density at radius 2 is 2.06 bits per heavy atom. The maximum Gasteiger partial charge on any atom is 0.265 e. The molecule has 2 atom stereocenters. The van der Waals surface area contributed by atoms with Crippen LogP contribution in [0.3, 0.4) is 0 Å². The van der Waals surface area contributed by atoms with E-state index in [1.807, 2.05) is 19.1 Å². The zero-order valence-corrected chi connectivity index (χ0v) is 10.2. The van der Waals surface area contributed by atoms with Crippen molar-refractivity contribution in [1.82, 2.24) is 0 Å². The summed E-state index contributed by atoms with van der Waals surface area (Å²) in [6, 6.07) is 8.61. The number of halogens is 1. The average Bonchev–Trinajstić information content (AvgIpc) is 2.27. The molecule has 0 aliphatic rings. The summed E-state index contributed by atoms with van der Waals surface area (Å²) < 4.78 is 0. The number of nitriles is 1. The van der Waals surface area contributed by atoms with Crippen LogP contribution in [0, 0.1) is 18.3 Å². The van der Waals surface area contributed by atoms with Gasteiger partial charge in [-0.3, -0.25) is 4.79 Å². The minimum atomic E-state index is -2.24. The molecule has 0 heterocycles. The minimum absolute atomic E-state index is 0.619. The Morgan fingerprint density at radius 1 is 1.56 bits per heavy atom. The first-order valence-electron chi connectivity index (χ1n) is 4.56. The Hall–Kier alpha value is -1.38. The molecule has 0 aliphatic carbocycles. The highest BCUT2D eigenvalue weighted by molar-refractivity contribution is 9.09. The Labute approximate surface area is 102 Å². The van der Waals surface area contributed by atoms with Crippen LogP contribution in [0.25, 0.3) is 0 Å². The van der Waals surface area contributed by atoms with E-state index in [-0.39, 0.29) is 0 Å². The van der Waals surface area contributed by atoms with Crippen molar-refractivity contribution in [3.8, 4) is 6.07 Å². The molecule has 0 bridgehead atoms. The number of rotatable bonds is 3. The van der Waals surface area contributed by atoms with Crippen LogP contribution in [0.2, 0.25) is 0 Å². The second-order valence-electron chi connectivity index (χ2n) is 3.52. The molecule has 0 fully saturated rings. The van der Waals surface area contributed by atoms with Gasteiger partial charge in [0, 0.05) is 0 Å². The Kier molecular flexibility index (Phi) is 3.68. The summed E-state index contributed by atoms with van der Waals surface area (Å²) in [6.45, 7) is 1.91. The minimum Gasteiger partial charge on any atom is -0.367 e. The Morgan fingerprint density at radius 3 is 2.44 bits per heavy atom. The molecule has 0 spiro atoms. The maximum absolute atomic E-state index is 11.1. The van der Waals surface area contributed by atoms with Crippen molar-refractivity contribution in [2.45, 2.75) is 17.4 Å². The fourth-order valence-electron chi connectivity index (χ4n) is 1.21. The van der Waals surface area contributed by atoms with Gasteiger partial charge in [0.2, 0.25) is 5.60 Å². The third-order valence-electron chi connectivity index (χ3n) is 2.28. The summed E-state index contributed by atoms with van der Waals surface area (Å²) in [5.41, 5.74) is 4.43. The number of carbonyl (C=O) groups excluding carboxylic acids is 1. The van der Waals surface area contributed by atoms with Gasteiger partial charge in [-0.2, -0.15) is 5.26 Å². The summed E-state index contributed by atoms with van der Waals surface area (Å²) in [5, 5.41) is 18.6. The smallest absolute Gasteiger partial charge is 0.265 e. The van der Waals surface area contributed by atoms with Gasteiger partial charge in [0.05, 0.1) is 4.83 Å². The third-order valence-corrected chi connectivity index (χ3v) is 3.47. The molecule has 2 unspecified atom stereocenters. The van der Waals surface area contributed by atoms with E-state index in [1.54, 1.807) is 12.1 Å². The van der Waals surface area contributed by atoms with Crippen LogP contribution in [0.5, 0.6) is 0 Å². The number of aliphatic hydroxyl groups is 1. The number of alkyl halides is 1. The maximum atomic E-state index is 11.1. The lowest BCUT2D eigenvalue weighted by Gasteiger charge is -2.22. The molecule has 4 nitrogen and oxygen atoms in total. The lowest BCUT2D eigenvalue weighted by atomic mass is 9.94. The zero-order valence-electron chi connectivity index (χ0n) is 8.64. The molecule has 1 aromatic rings. The Bertz CT molecular complexity index is 438. The van der Waals surface area contributed by atoms with E-state index in [1.165, 1.54) is 6.07 Å². The summed E-state index contributed by atoms with van der Waals surface area (Å²) in [7, 11) is 0. The summed E-state index contributed by atoms with van der Waals surface area (Å²) in [4.78, 5) is 10.2. The quantitative estimate of drug-likeness (QED) is 0.644. The highest BCUT2D eigenvalue weighted by atomic mass is 79.9. The van der Waals surface area contributed by atoms with Gasteiger partial charge in [-0.05, 0) is 12.5 Å². The van der Waals surface area contributed by atoms with Crippen LogP contribution in [0.15, 0.2) is 24.3 Å². The van der Waals surface area contributed by atoms with E-state index in [0.717, 1.165) is 5.56 Å². The van der Waals surface area contributed by atoms with Crippen molar-refractivity contribution in [3.05, 3.63) is 35.4 Å². The molecule has 0 saturated carbocycles. The molecule has 5 heteroatoms. The standard InChI is InChI=1S/C11H11BrN2O2/c1-7-2-4-8(5-3-7)9(12)11(16,6-13)10(14)15/h2-5,9,16H,1H3,(H2,14,15). The second-order valence-corrected chi connectivity index (χ2v) is 4.43. The van der Waals surface area contributed by atoms with E-state index in [2.05, 4.69) is 15.9 Å². The molecule has 84 valence electrons. The monoisotopic (exact) mass is 282 g/mol. The first kappa shape index (κ1) is 12.7. The van der Waals surface area contributed by atoms with Crippen LogP contribution >= 0.6 is 15.9 Å². The van der Waals surface area contributed by atoms with E-state index >= 15 is 0 Å². The van der Waals surface area contributed by atoms with Gasteiger partial charge in [-0.1, -0.05) is 45.8 Å². The fraction of sp³-hybridized carbons (Fsp3) is 0.273. The van der Waals surface area contributed by atoms with Crippen LogP contribution in [0.1, 0.15) is 16.0 Å². The van der Waals surface area contributed by atoms with Gasteiger partial charge >= 0.3 is 0 Å². The Balaban J connectivity index is 3.11. The van der Waals surface area contributed by atoms with Crippen LogP contribution in [0.4, 0.5) is 0 Å². The molecule has 1 aromatic carbocycles. The van der Waals surface area contributed by atoms with Crippen LogP contribution in [-0.2, 0) is 4.79 Å². The molecule has 0 radical (unpaired) electrons. The second kappa shape index (κ2) is 4.64. The summed E-state index contributed by atoms with van der Waals surface area (Å²) in [5.74, 6) is -1.07. The highest BCUT2D eigenvalue weighted by Gasteiger charge is 2.42. The number of hydrogen-bond acceptors (Lipinski definition) is 3. The highest BCUT2D eigenvalue weighted by Crippen LogP contribution is 2.33. The molecule has 0 saturated heterocycles. The van der Waals surface area contributed by atoms with Crippen molar-refractivity contribution in [3.63, 3.8) is 0 Å². The molecule has 0 aliphatic heterocycles. The third kappa shape index (κ3) is 2.23. The van der Waals surface area contributed by atoms with Gasteiger partial charge in [0.1, 0.15) is 6.07 Å². The van der Waals surface area contributed by atoms with Gasteiger partial charge in [0.25, 0.3) is 5.91 Å². The van der Waals surface area contributed by atoms with Crippen molar-refractivity contribution in [2.75, 3.05) is 0 Å². The molecule has 0 aromatic heterocycles. The average molecular weight is 283 g/mol. The van der Waals surface area contributed by atoms with Gasteiger partial charge in [-0.25, -0.2) is 0 Å². The molecular weight excluding hydrogens is 272 g/mol. The van der Waals surface area contributed by atoms with Crippen LogP contribution < -0.4 is 5.73 Å². The predicted octanol–water partition coefficient (Wildman–Crippen LogP) is 1.17. The molecule has 16 heavy (non-hydrogen) atoms. The zero-order chi connectivity index (χ0) is 12.3. The largest absolute Gasteiger partial charge is 0.367 e. The van der Waals surface area contributed by atoms with E-state index in [0.29, 0.717) is 5.56 Å². The van der Waals surface area contributed by atoms with Gasteiger partial charge < -0.3 is 10.8 Å². The number of amides is 1. The fourth-order valence-corrected chi connectivity index (χ4v) is 1.85. The summed E-state index contributed by atoms with van der Waals surface area (Å²) in [6.07, 6.45) is 0. The topological polar surface area (TPSA) is 87.1 Å². The number of aryl methyl sites for hydroxylation is 1. The number of carbonyl (C=O) groups is 1. The predicted molar refractivity (Wildman–Crippen MR) is 62.6 cm³/mol. The number of hydrogen-bond donors (Lipinski definition) is 2. The molecule has 3 N–H and O–H groups in total. The molecule has 1 amide bonds. The van der Waals surface area contributed by atoms with E-state index < -0.39 is 16.3 Å². The van der Waals surface area contributed by atoms with Gasteiger partial charge in [0.15, 0.2) is 0 Å². The SMILES string of the molecule is Cc1ccc(C(Br)C(O)(C#N)C(N)=O)cc1. The molecular formula is C11H11BrN2O2. The lowest BCUT2D eigenvalue weighted by Crippen LogP contribution is -2.45. The first-order chi connectivity index (χ1) is 7.41. The van der Waals surface area contributed by atoms with Crippen molar-refractivity contribution in [2.24, 2.45) is 5.73 Å².